The minimum Gasteiger partial charge on any atom is -0.350 e. The summed E-state index contributed by atoms with van der Waals surface area (Å²) in [4.78, 5) is 24.9. The van der Waals surface area contributed by atoms with E-state index in [0.29, 0.717) is 19.5 Å². The topological polar surface area (TPSA) is 61.4 Å². The Hall–Kier alpha value is -1.59. The second-order valence-electron chi connectivity index (χ2n) is 5.40. The van der Waals surface area contributed by atoms with Crippen molar-refractivity contribution in [1.29, 1.82) is 0 Å². The minimum atomic E-state index is -0.0844. The highest BCUT2D eigenvalue weighted by Crippen LogP contribution is 2.17. The first-order chi connectivity index (χ1) is 9.72. The maximum Gasteiger partial charge on any atom is 0.239 e. The molecule has 1 aromatic carbocycles. The van der Waals surface area contributed by atoms with Gasteiger partial charge in [0.05, 0.1) is 6.54 Å². The van der Waals surface area contributed by atoms with Gasteiger partial charge in [0, 0.05) is 32.6 Å². The fraction of sp³-hybridized carbons (Fsp3) is 0.467. The molecule has 0 saturated carbocycles. The van der Waals surface area contributed by atoms with Crippen LogP contribution in [0.3, 0.4) is 0 Å². The SMILES string of the molecule is Cl.O=C(CN1CCCC1=O)NCc1ccc2c(c1)CNC2. The molecule has 2 aliphatic rings. The molecule has 2 heterocycles. The van der Waals surface area contributed by atoms with Gasteiger partial charge in [-0.15, -0.1) is 12.4 Å². The van der Waals surface area contributed by atoms with E-state index < -0.39 is 0 Å². The molecular formula is C15H20ClN3O2. The second kappa shape index (κ2) is 6.91. The lowest BCUT2D eigenvalue weighted by Crippen LogP contribution is -2.37. The van der Waals surface area contributed by atoms with Crippen LogP contribution in [0.25, 0.3) is 0 Å². The van der Waals surface area contributed by atoms with Crippen LogP contribution in [0.4, 0.5) is 0 Å². The smallest absolute Gasteiger partial charge is 0.239 e. The van der Waals surface area contributed by atoms with E-state index in [4.69, 9.17) is 0 Å². The van der Waals surface area contributed by atoms with Gasteiger partial charge < -0.3 is 15.5 Å². The van der Waals surface area contributed by atoms with Crippen LogP contribution in [-0.4, -0.2) is 29.8 Å². The Bertz CT molecular complexity index is 548. The molecular weight excluding hydrogens is 290 g/mol. The third-order valence-corrected chi connectivity index (χ3v) is 3.90. The maximum absolute atomic E-state index is 11.8. The number of halogens is 1. The van der Waals surface area contributed by atoms with Crippen LogP contribution in [0.2, 0.25) is 0 Å². The number of nitrogens with one attached hydrogen (secondary N) is 2. The summed E-state index contributed by atoms with van der Waals surface area (Å²) >= 11 is 0. The van der Waals surface area contributed by atoms with Gasteiger partial charge in [0.1, 0.15) is 0 Å². The van der Waals surface area contributed by atoms with Crippen molar-refractivity contribution in [3.63, 3.8) is 0 Å². The highest BCUT2D eigenvalue weighted by molar-refractivity contribution is 5.86. The summed E-state index contributed by atoms with van der Waals surface area (Å²) in [7, 11) is 0. The second-order valence-corrected chi connectivity index (χ2v) is 5.40. The highest BCUT2D eigenvalue weighted by Gasteiger charge is 2.22. The Balaban J connectivity index is 0.00000161. The third kappa shape index (κ3) is 3.74. The molecule has 3 rings (SSSR count). The fourth-order valence-corrected chi connectivity index (χ4v) is 2.76. The molecule has 1 fully saturated rings. The number of amides is 2. The van der Waals surface area contributed by atoms with Crippen LogP contribution < -0.4 is 10.6 Å². The van der Waals surface area contributed by atoms with Gasteiger partial charge in [0.25, 0.3) is 0 Å². The highest BCUT2D eigenvalue weighted by atomic mass is 35.5. The predicted octanol–water partition coefficient (Wildman–Crippen LogP) is 0.950. The largest absolute Gasteiger partial charge is 0.350 e. The van der Waals surface area contributed by atoms with E-state index in [0.717, 1.165) is 25.1 Å². The summed E-state index contributed by atoms with van der Waals surface area (Å²) in [6, 6.07) is 6.30. The molecule has 114 valence electrons. The van der Waals surface area contributed by atoms with Gasteiger partial charge in [-0.1, -0.05) is 18.2 Å². The molecule has 0 aromatic heterocycles. The standard InChI is InChI=1S/C15H19N3O2.ClH/c19-14(10-18-5-1-2-15(18)20)17-7-11-3-4-12-8-16-9-13(12)6-11;/h3-4,6,16H,1-2,5,7-10H2,(H,17,19);1H. The Labute approximate surface area is 130 Å². The number of carbonyl (C=O) groups excluding carboxylic acids is 2. The zero-order valence-electron chi connectivity index (χ0n) is 11.9. The van der Waals surface area contributed by atoms with Crippen LogP contribution in [-0.2, 0) is 29.2 Å². The molecule has 5 nitrogen and oxygen atoms in total. The average molecular weight is 310 g/mol. The molecule has 1 saturated heterocycles. The molecule has 0 unspecified atom stereocenters. The Morgan fingerprint density at radius 1 is 1.29 bits per heavy atom. The molecule has 0 atom stereocenters. The van der Waals surface area contributed by atoms with Crippen LogP contribution in [0.5, 0.6) is 0 Å². The zero-order valence-corrected chi connectivity index (χ0v) is 12.7. The van der Waals surface area contributed by atoms with Crippen molar-refractivity contribution in [2.24, 2.45) is 0 Å². The van der Waals surface area contributed by atoms with E-state index in [1.165, 1.54) is 11.1 Å². The lowest BCUT2D eigenvalue weighted by molar-refractivity contribution is -0.133. The molecule has 2 N–H and O–H groups in total. The van der Waals surface area contributed by atoms with Crippen molar-refractivity contribution in [2.45, 2.75) is 32.5 Å². The van der Waals surface area contributed by atoms with Crippen LogP contribution >= 0.6 is 12.4 Å². The number of hydrogen-bond donors (Lipinski definition) is 2. The van der Waals surface area contributed by atoms with E-state index >= 15 is 0 Å². The summed E-state index contributed by atoms with van der Waals surface area (Å²) < 4.78 is 0. The molecule has 2 amide bonds. The van der Waals surface area contributed by atoms with Gasteiger partial charge in [-0.3, -0.25) is 9.59 Å². The number of fused-ring (bicyclic) bond motifs is 1. The first-order valence-corrected chi connectivity index (χ1v) is 7.08. The number of carbonyl (C=O) groups is 2. The molecule has 21 heavy (non-hydrogen) atoms. The van der Waals surface area contributed by atoms with Crippen molar-refractivity contribution < 1.29 is 9.59 Å². The quantitative estimate of drug-likeness (QED) is 0.870. The molecule has 6 heteroatoms. The molecule has 0 bridgehead atoms. The third-order valence-electron chi connectivity index (χ3n) is 3.90. The van der Waals surface area contributed by atoms with Crippen molar-refractivity contribution in [2.75, 3.05) is 13.1 Å². The van der Waals surface area contributed by atoms with Crippen molar-refractivity contribution >= 4 is 24.2 Å². The first kappa shape index (κ1) is 15.8. The van der Waals surface area contributed by atoms with Crippen molar-refractivity contribution in [3.05, 3.63) is 34.9 Å². The van der Waals surface area contributed by atoms with E-state index in [9.17, 15) is 9.59 Å². The molecule has 0 radical (unpaired) electrons. The average Bonchev–Trinajstić information content (AvgIpc) is 3.05. The monoisotopic (exact) mass is 309 g/mol. The van der Waals surface area contributed by atoms with Gasteiger partial charge in [0.2, 0.25) is 11.8 Å². The van der Waals surface area contributed by atoms with Crippen LogP contribution in [0, 0.1) is 0 Å². The number of likely N-dealkylation sites (tertiary alicyclic amines) is 1. The van der Waals surface area contributed by atoms with E-state index in [2.05, 4.69) is 22.8 Å². The molecule has 1 aromatic rings. The summed E-state index contributed by atoms with van der Waals surface area (Å²) in [5, 5.41) is 6.19. The number of nitrogens with zero attached hydrogens (tertiary/aromatic N) is 1. The zero-order chi connectivity index (χ0) is 13.9. The van der Waals surface area contributed by atoms with E-state index in [1.807, 2.05) is 6.07 Å². The lowest BCUT2D eigenvalue weighted by Gasteiger charge is -2.15. The predicted molar refractivity (Wildman–Crippen MR) is 81.9 cm³/mol. The summed E-state index contributed by atoms with van der Waals surface area (Å²) in [5.41, 5.74) is 3.75. The van der Waals surface area contributed by atoms with Gasteiger partial charge in [-0.05, 0) is 23.1 Å². The fourth-order valence-electron chi connectivity index (χ4n) is 2.76. The van der Waals surface area contributed by atoms with E-state index in [-0.39, 0.29) is 30.8 Å². The van der Waals surface area contributed by atoms with Crippen molar-refractivity contribution in [1.82, 2.24) is 15.5 Å². The molecule has 2 aliphatic heterocycles. The van der Waals surface area contributed by atoms with Gasteiger partial charge in [0.15, 0.2) is 0 Å². The summed E-state index contributed by atoms with van der Waals surface area (Å²) in [6.07, 6.45) is 1.44. The minimum absolute atomic E-state index is 0. The Kier molecular flexibility index (Phi) is 5.20. The Morgan fingerprint density at radius 2 is 2.10 bits per heavy atom. The molecule has 0 aliphatic carbocycles. The van der Waals surface area contributed by atoms with Crippen molar-refractivity contribution in [3.8, 4) is 0 Å². The van der Waals surface area contributed by atoms with Gasteiger partial charge in [-0.2, -0.15) is 0 Å². The summed E-state index contributed by atoms with van der Waals surface area (Å²) in [6.45, 7) is 3.24. The molecule has 0 spiro atoms. The van der Waals surface area contributed by atoms with Crippen LogP contribution in [0.1, 0.15) is 29.5 Å². The first-order valence-electron chi connectivity index (χ1n) is 7.08. The number of hydrogen-bond acceptors (Lipinski definition) is 3. The van der Waals surface area contributed by atoms with Gasteiger partial charge >= 0.3 is 0 Å². The van der Waals surface area contributed by atoms with Gasteiger partial charge in [-0.25, -0.2) is 0 Å². The van der Waals surface area contributed by atoms with Crippen LogP contribution in [0.15, 0.2) is 18.2 Å². The Morgan fingerprint density at radius 3 is 2.86 bits per heavy atom. The maximum atomic E-state index is 11.8. The number of rotatable bonds is 4. The summed E-state index contributed by atoms with van der Waals surface area (Å²) in [5.74, 6) is 0.00243. The normalized spacial score (nSPS) is 16.6. The lowest BCUT2D eigenvalue weighted by atomic mass is 10.1. The number of benzene rings is 1. The van der Waals surface area contributed by atoms with E-state index in [1.54, 1.807) is 4.90 Å².